The molecule has 4 heterocycles. The van der Waals surface area contributed by atoms with Crippen molar-refractivity contribution in [3.63, 3.8) is 0 Å². The molecule has 5 rings (SSSR count). The van der Waals surface area contributed by atoms with Gasteiger partial charge in [-0.1, -0.05) is 12.1 Å². The van der Waals surface area contributed by atoms with E-state index < -0.39 is 6.04 Å². The molecule has 1 aromatic carbocycles. The fourth-order valence-electron chi connectivity index (χ4n) is 5.76. The Morgan fingerprint density at radius 2 is 1.54 bits per heavy atom. The average Bonchev–Trinajstić information content (AvgIpc) is 3.19. The van der Waals surface area contributed by atoms with Gasteiger partial charge in [0.2, 0.25) is 11.8 Å². The van der Waals surface area contributed by atoms with Gasteiger partial charge in [0.15, 0.2) is 0 Å². The highest BCUT2D eigenvalue weighted by Gasteiger charge is 2.39. The van der Waals surface area contributed by atoms with Gasteiger partial charge in [0.25, 0.3) is 5.91 Å². The van der Waals surface area contributed by atoms with E-state index in [-0.39, 0.29) is 24.1 Å². The maximum Gasteiger partial charge on any atom is 0.255 e. The van der Waals surface area contributed by atoms with Gasteiger partial charge in [-0.25, -0.2) is 0 Å². The number of benzene rings is 1. The number of piperidine rings is 1. The number of nitrogens with one attached hydrogen (secondary N) is 2. The minimum atomic E-state index is -0.555. The van der Waals surface area contributed by atoms with Crippen molar-refractivity contribution in [3.8, 4) is 0 Å². The van der Waals surface area contributed by atoms with Gasteiger partial charge in [0.05, 0.1) is 0 Å². The average molecular weight is 483 g/mol. The first-order chi connectivity index (χ1) is 17.1. The summed E-state index contributed by atoms with van der Waals surface area (Å²) >= 11 is 0. The molecule has 0 aromatic heterocycles. The van der Waals surface area contributed by atoms with Crippen molar-refractivity contribution < 1.29 is 14.4 Å². The molecule has 9 nitrogen and oxygen atoms in total. The molecule has 190 valence electrons. The second kappa shape index (κ2) is 11.2. The van der Waals surface area contributed by atoms with Crippen molar-refractivity contribution in [2.75, 3.05) is 65.4 Å². The van der Waals surface area contributed by atoms with Gasteiger partial charge in [0.1, 0.15) is 6.04 Å². The van der Waals surface area contributed by atoms with E-state index in [0.717, 1.165) is 51.4 Å². The lowest BCUT2D eigenvalue weighted by Crippen LogP contribution is -2.52. The molecule has 0 bridgehead atoms. The van der Waals surface area contributed by atoms with E-state index in [1.807, 2.05) is 12.1 Å². The minimum absolute atomic E-state index is 0.105. The first kappa shape index (κ1) is 24.4. The van der Waals surface area contributed by atoms with E-state index >= 15 is 0 Å². The summed E-state index contributed by atoms with van der Waals surface area (Å²) in [5, 5.41) is 5.78. The van der Waals surface area contributed by atoms with Crippen LogP contribution in [-0.4, -0.2) is 109 Å². The maximum atomic E-state index is 12.9. The van der Waals surface area contributed by atoms with Crippen LogP contribution in [0.2, 0.25) is 0 Å². The molecule has 1 aromatic rings. The molecule has 0 spiro atoms. The normalized spacial score (nSPS) is 24.6. The first-order valence-electron chi connectivity index (χ1n) is 13.2. The second-order valence-corrected chi connectivity index (χ2v) is 10.3. The van der Waals surface area contributed by atoms with E-state index in [0.29, 0.717) is 18.5 Å². The number of amides is 3. The summed E-state index contributed by atoms with van der Waals surface area (Å²) in [7, 11) is 0. The monoisotopic (exact) mass is 482 g/mol. The third-order valence-electron chi connectivity index (χ3n) is 7.87. The molecule has 3 fully saturated rings. The topological polar surface area (TPSA) is 88.2 Å². The molecule has 9 heteroatoms. The summed E-state index contributed by atoms with van der Waals surface area (Å²) in [6.07, 6.45) is 3.23. The van der Waals surface area contributed by atoms with Gasteiger partial charge in [0, 0.05) is 77.4 Å². The summed E-state index contributed by atoms with van der Waals surface area (Å²) in [5.41, 5.74) is 2.88. The molecular formula is C26H38N6O3. The lowest BCUT2D eigenvalue weighted by Gasteiger charge is -2.35. The number of carbonyl (C=O) groups excluding carboxylic acids is 3. The zero-order valence-electron chi connectivity index (χ0n) is 20.6. The standard InChI is InChI=1S/C26H38N6O3/c33-24-6-5-23(25(34)28-24)32-19-21-17-20(3-4-22(21)26(32)35)18-31-15-13-30(14-16-31)10-2-1-9-29-11-7-27-8-12-29/h3-4,17,23,27H,1-2,5-16,18-19H2,(H,28,33,34). The van der Waals surface area contributed by atoms with Crippen molar-refractivity contribution in [3.05, 3.63) is 34.9 Å². The number of imide groups is 1. The van der Waals surface area contributed by atoms with Crippen molar-refractivity contribution in [1.82, 2.24) is 30.2 Å². The molecule has 0 saturated carbocycles. The molecule has 3 saturated heterocycles. The zero-order valence-corrected chi connectivity index (χ0v) is 20.6. The molecule has 1 unspecified atom stereocenters. The summed E-state index contributed by atoms with van der Waals surface area (Å²) in [5.74, 6) is -0.719. The lowest BCUT2D eigenvalue weighted by atomic mass is 10.0. The third-order valence-corrected chi connectivity index (χ3v) is 7.87. The van der Waals surface area contributed by atoms with Crippen molar-refractivity contribution in [2.45, 2.75) is 44.8 Å². The highest BCUT2D eigenvalue weighted by molar-refractivity contribution is 6.05. The van der Waals surface area contributed by atoms with Gasteiger partial charge in [-0.3, -0.25) is 24.6 Å². The smallest absolute Gasteiger partial charge is 0.255 e. The van der Waals surface area contributed by atoms with E-state index in [2.05, 4.69) is 31.4 Å². The van der Waals surface area contributed by atoms with Gasteiger partial charge in [-0.15, -0.1) is 0 Å². The number of piperazine rings is 2. The molecular weight excluding hydrogens is 444 g/mol. The Hall–Kier alpha value is -2.33. The van der Waals surface area contributed by atoms with Gasteiger partial charge < -0.3 is 20.0 Å². The second-order valence-electron chi connectivity index (χ2n) is 10.3. The van der Waals surface area contributed by atoms with Crippen LogP contribution in [0.25, 0.3) is 0 Å². The lowest BCUT2D eigenvalue weighted by molar-refractivity contribution is -0.136. The highest BCUT2D eigenvalue weighted by atomic mass is 16.2. The number of nitrogens with zero attached hydrogens (tertiary/aromatic N) is 4. The van der Waals surface area contributed by atoms with Crippen LogP contribution in [0.5, 0.6) is 0 Å². The van der Waals surface area contributed by atoms with Crippen LogP contribution >= 0.6 is 0 Å². The summed E-state index contributed by atoms with van der Waals surface area (Å²) < 4.78 is 0. The SMILES string of the molecule is O=C1CCC(N2Cc3cc(CN4CCN(CCCCN5CCNCC5)CC4)ccc3C2=O)C(=O)N1. The largest absolute Gasteiger partial charge is 0.322 e. The van der Waals surface area contributed by atoms with Crippen LogP contribution < -0.4 is 10.6 Å². The first-order valence-corrected chi connectivity index (χ1v) is 13.2. The van der Waals surface area contributed by atoms with Crippen molar-refractivity contribution in [2.24, 2.45) is 0 Å². The zero-order chi connectivity index (χ0) is 24.2. The fraction of sp³-hybridized carbons (Fsp3) is 0.654. The highest BCUT2D eigenvalue weighted by Crippen LogP contribution is 2.28. The summed E-state index contributed by atoms with van der Waals surface area (Å²) in [4.78, 5) is 45.9. The molecule has 35 heavy (non-hydrogen) atoms. The van der Waals surface area contributed by atoms with E-state index in [9.17, 15) is 14.4 Å². The number of unbranched alkanes of at least 4 members (excludes halogenated alkanes) is 1. The Balaban J connectivity index is 1.06. The predicted molar refractivity (Wildman–Crippen MR) is 133 cm³/mol. The predicted octanol–water partition coefficient (Wildman–Crippen LogP) is 0.251. The number of rotatable bonds is 8. The van der Waals surface area contributed by atoms with Gasteiger partial charge in [-0.2, -0.15) is 0 Å². The van der Waals surface area contributed by atoms with Crippen molar-refractivity contribution >= 4 is 17.7 Å². The Kier molecular flexibility index (Phi) is 7.77. The van der Waals surface area contributed by atoms with E-state index in [1.54, 1.807) is 4.90 Å². The summed E-state index contributed by atoms with van der Waals surface area (Å²) in [6.45, 7) is 12.7. The summed E-state index contributed by atoms with van der Waals surface area (Å²) in [6, 6.07) is 5.53. The molecule has 4 aliphatic rings. The molecule has 3 amide bonds. The maximum absolute atomic E-state index is 12.9. The number of fused-ring (bicyclic) bond motifs is 1. The Morgan fingerprint density at radius 3 is 2.26 bits per heavy atom. The van der Waals surface area contributed by atoms with E-state index in [1.165, 1.54) is 44.6 Å². The number of hydrogen-bond acceptors (Lipinski definition) is 7. The fourth-order valence-corrected chi connectivity index (χ4v) is 5.76. The molecule has 1 atom stereocenters. The van der Waals surface area contributed by atoms with E-state index in [4.69, 9.17) is 0 Å². The number of carbonyl (C=O) groups is 3. The minimum Gasteiger partial charge on any atom is -0.322 e. The van der Waals surface area contributed by atoms with Crippen LogP contribution in [-0.2, 0) is 22.7 Å². The van der Waals surface area contributed by atoms with Crippen LogP contribution in [0.15, 0.2) is 18.2 Å². The number of hydrogen-bond donors (Lipinski definition) is 2. The Bertz CT molecular complexity index is 939. The van der Waals surface area contributed by atoms with Gasteiger partial charge in [-0.05, 0) is 49.5 Å². The van der Waals surface area contributed by atoms with Crippen molar-refractivity contribution in [1.29, 1.82) is 0 Å². The quantitative estimate of drug-likeness (QED) is 0.406. The third kappa shape index (κ3) is 5.91. The van der Waals surface area contributed by atoms with Crippen LogP contribution in [0.1, 0.15) is 47.2 Å². The molecule has 4 aliphatic heterocycles. The molecule has 0 aliphatic carbocycles. The molecule has 2 N–H and O–H groups in total. The van der Waals surface area contributed by atoms with Crippen LogP contribution in [0.4, 0.5) is 0 Å². The van der Waals surface area contributed by atoms with Crippen LogP contribution in [0, 0.1) is 0 Å². The Labute approximate surface area is 207 Å². The van der Waals surface area contributed by atoms with Gasteiger partial charge >= 0.3 is 0 Å². The van der Waals surface area contributed by atoms with Crippen LogP contribution in [0.3, 0.4) is 0 Å². The Morgan fingerprint density at radius 1 is 0.857 bits per heavy atom. The molecule has 0 radical (unpaired) electrons.